The number of fused-ring (bicyclic) bond motifs is 1. The second-order valence-corrected chi connectivity index (χ2v) is 5.80. The van der Waals surface area contributed by atoms with Crippen LogP contribution in [0.1, 0.15) is 31.2 Å². The smallest absolute Gasteiger partial charge is 0.137 e. The minimum Gasteiger partial charge on any atom is -0.393 e. The van der Waals surface area contributed by atoms with Crippen molar-refractivity contribution < 1.29 is 5.11 Å². The highest BCUT2D eigenvalue weighted by molar-refractivity contribution is 5.57. The number of rotatable bonds is 2. The molecule has 0 spiro atoms. The van der Waals surface area contributed by atoms with Crippen molar-refractivity contribution in [2.45, 2.75) is 39.2 Å². The molecule has 3 rings (SSSR count). The zero-order valence-electron chi connectivity index (χ0n) is 11.6. The molecule has 1 aliphatic heterocycles. The second kappa shape index (κ2) is 4.63. The van der Waals surface area contributed by atoms with E-state index in [-0.39, 0.29) is 6.10 Å². The van der Waals surface area contributed by atoms with E-state index in [0.717, 1.165) is 49.6 Å². The van der Waals surface area contributed by atoms with Gasteiger partial charge in [0.15, 0.2) is 0 Å². The Kier molecular flexibility index (Phi) is 3.09. The Morgan fingerprint density at radius 2 is 2.11 bits per heavy atom. The first-order chi connectivity index (χ1) is 9.10. The summed E-state index contributed by atoms with van der Waals surface area (Å²) in [6, 6.07) is 0. The lowest BCUT2D eigenvalue weighted by Gasteiger charge is -2.22. The quantitative estimate of drug-likeness (QED) is 0.836. The lowest BCUT2D eigenvalue weighted by atomic mass is 10.00. The van der Waals surface area contributed by atoms with E-state index in [1.54, 1.807) is 0 Å². The number of anilines is 2. The van der Waals surface area contributed by atoms with Crippen LogP contribution < -0.4 is 10.6 Å². The molecule has 5 nitrogen and oxygen atoms in total. The zero-order valence-corrected chi connectivity index (χ0v) is 11.6. The Bertz CT molecular complexity index is 491. The van der Waals surface area contributed by atoms with Crippen molar-refractivity contribution in [3.8, 4) is 0 Å². The minimum atomic E-state index is -0.139. The van der Waals surface area contributed by atoms with Crippen molar-refractivity contribution in [3.63, 3.8) is 0 Å². The van der Waals surface area contributed by atoms with Gasteiger partial charge in [0.1, 0.15) is 17.5 Å². The highest BCUT2D eigenvalue weighted by atomic mass is 16.3. The van der Waals surface area contributed by atoms with Crippen LogP contribution in [-0.2, 0) is 6.42 Å². The summed E-state index contributed by atoms with van der Waals surface area (Å²) >= 11 is 0. The largest absolute Gasteiger partial charge is 0.393 e. The van der Waals surface area contributed by atoms with Gasteiger partial charge in [-0.25, -0.2) is 9.97 Å². The van der Waals surface area contributed by atoms with Crippen LogP contribution in [0.5, 0.6) is 0 Å². The van der Waals surface area contributed by atoms with Gasteiger partial charge in [0.2, 0.25) is 0 Å². The number of nitrogen functional groups attached to an aromatic ring is 1. The van der Waals surface area contributed by atoms with E-state index in [0.29, 0.717) is 17.7 Å². The third kappa shape index (κ3) is 2.06. The summed E-state index contributed by atoms with van der Waals surface area (Å²) in [4.78, 5) is 11.2. The van der Waals surface area contributed by atoms with E-state index in [1.165, 1.54) is 0 Å². The van der Waals surface area contributed by atoms with Gasteiger partial charge in [0.25, 0.3) is 0 Å². The van der Waals surface area contributed by atoms with E-state index < -0.39 is 0 Å². The molecule has 19 heavy (non-hydrogen) atoms. The third-order valence-electron chi connectivity index (χ3n) is 4.64. The van der Waals surface area contributed by atoms with Crippen molar-refractivity contribution in [1.82, 2.24) is 9.97 Å². The number of hydrogen-bond donors (Lipinski definition) is 2. The fourth-order valence-corrected chi connectivity index (χ4v) is 3.44. The Balaban J connectivity index is 1.89. The SMILES string of the molecule is CCc1nc(N)c(C)c(N2CC3CCC(O)C3C2)n1. The number of nitrogens with two attached hydrogens (primary N) is 1. The Morgan fingerprint density at radius 3 is 2.79 bits per heavy atom. The van der Waals surface area contributed by atoms with Crippen LogP contribution in [0.4, 0.5) is 11.6 Å². The summed E-state index contributed by atoms with van der Waals surface area (Å²) in [5.41, 5.74) is 6.95. The predicted octanol–water partition coefficient (Wildman–Crippen LogP) is 1.14. The van der Waals surface area contributed by atoms with Crippen molar-refractivity contribution in [2.24, 2.45) is 11.8 Å². The van der Waals surface area contributed by atoms with Gasteiger partial charge in [0, 0.05) is 31.0 Å². The summed E-state index contributed by atoms with van der Waals surface area (Å²) in [7, 11) is 0. The molecule has 1 aromatic rings. The van der Waals surface area contributed by atoms with Crippen LogP contribution in [-0.4, -0.2) is 34.3 Å². The average Bonchev–Trinajstić information content (AvgIpc) is 2.95. The van der Waals surface area contributed by atoms with Gasteiger partial charge in [-0.2, -0.15) is 0 Å². The molecule has 1 saturated heterocycles. The number of hydrogen-bond acceptors (Lipinski definition) is 5. The second-order valence-electron chi connectivity index (χ2n) is 5.80. The molecule has 0 radical (unpaired) electrons. The van der Waals surface area contributed by atoms with Gasteiger partial charge in [-0.3, -0.25) is 0 Å². The van der Waals surface area contributed by atoms with Crippen LogP contribution in [0.15, 0.2) is 0 Å². The molecular weight excluding hydrogens is 240 g/mol. The summed E-state index contributed by atoms with van der Waals surface area (Å²) in [5.74, 6) is 3.36. The predicted molar refractivity (Wildman–Crippen MR) is 75.0 cm³/mol. The van der Waals surface area contributed by atoms with Crippen molar-refractivity contribution in [2.75, 3.05) is 23.7 Å². The van der Waals surface area contributed by atoms with E-state index in [1.807, 2.05) is 13.8 Å². The van der Waals surface area contributed by atoms with E-state index in [2.05, 4.69) is 14.9 Å². The third-order valence-corrected chi connectivity index (χ3v) is 4.64. The average molecular weight is 262 g/mol. The number of aliphatic hydroxyl groups is 1. The van der Waals surface area contributed by atoms with Gasteiger partial charge in [-0.05, 0) is 25.7 Å². The molecule has 1 aromatic heterocycles. The Morgan fingerprint density at radius 1 is 1.32 bits per heavy atom. The minimum absolute atomic E-state index is 0.139. The first kappa shape index (κ1) is 12.7. The molecule has 3 atom stereocenters. The molecule has 1 saturated carbocycles. The molecule has 0 aromatic carbocycles. The van der Waals surface area contributed by atoms with Gasteiger partial charge in [-0.15, -0.1) is 0 Å². The molecule has 5 heteroatoms. The fraction of sp³-hybridized carbons (Fsp3) is 0.714. The maximum absolute atomic E-state index is 10.0. The molecule has 1 aliphatic carbocycles. The van der Waals surface area contributed by atoms with Crippen LogP contribution in [0.3, 0.4) is 0 Å². The Hall–Kier alpha value is -1.36. The summed E-state index contributed by atoms with van der Waals surface area (Å²) in [6.07, 6.45) is 2.73. The molecule has 2 heterocycles. The van der Waals surface area contributed by atoms with Crippen LogP contribution >= 0.6 is 0 Å². The molecule has 2 aliphatic rings. The molecular formula is C14H22N4O. The van der Waals surface area contributed by atoms with E-state index >= 15 is 0 Å². The Labute approximate surface area is 113 Å². The topological polar surface area (TPSA) is 75.3 Å². The first-order valence-electron chi connectivity index (χ1n) is 7.16. The number of aliphatic hydroxyl groups excluding tert-OH is 1. The maximum atomic E-state index is 10.0. The van der Waals surface area contributed by atoms with Gasteiger partial charge in [0.05, 0.1) is 6.10 Å². The van der Waals surface area contributed by atoms with E-state index in [4.69, 9.17) is 5.73 Å². The highest BCUT2D eigenvalue weighted by Gasteiger charge is 2.42. The molecule has 2 fully saturated rings. The van der Waals surface area contributed by atoms with Crippen molar-refractivity contribution in [3.05, 3.63) is 11.4 Å². The van der Waals surface area contributed by atoms with Gasteiger partial charge >= 0.3 is 0 Å². The molecule has 0 bridgehead atoms. The highest BCUT2D eigenvalue weighted by Crippen LogP contribution is 2.40. The standard InChI is InChI=1S/C14H22N4O/c1-3-12-16-13(15)8(2)14(17-12)18-6-9-4-5-11(19)10(9)7-18/h9-11,19H,3-7H2,1-2H3,(H2,15,16,17). The molecule has 3 unspecified atom stereocenters. The summed E-state index contributed by atoms with van der Waals surface area (Å²) in [6.45, 7) is 5.90. The van der Waals surface area contributed by atoms with E-state index in [9.17, 15) is 5.11 Å². The first-order valence-corrected chi connectivity index (χ1v) is 7.16. The monoisotopic (exact) mass is 262 g/mol. The van der Waals surface area contributed by atoms with Crippen LogP contribution in [0, 0.1) is 18.8 Å². The normalized spacial score (nSPS) is 29.8. The molecule has 0 amide bonds. The summed E-state index contributed by atoms with van der Waals surface area (Å²) < 4.78 is 0. The molecule has 104 valence electrons. The fourth-order valence-electron chi connectivity index (χ4n) is 3.44. The van der Waals surface area contributed by atoms with Gasteiger partial charge in [-0.1, -0.05) is 6.92 Å². The van der Waals surface area contributed by atoms with Crippen molar-refractivity contribution in [1.29, 1.82) is 0 Å². The lowest BCUT2D eigenvalue weighted by Crippen LogP contribution is -2.26. The maximum Gasteiger partial charge on any atom is 0.137 e. The lowest BCUT2D eigenvalue weighted by molar-refractivity contribution is 0.133. The van der Waals surface area contributed by atoms with Gasteiger partial charge < -0.3 is 15.7 Å². The number of aryl methyl sites for hydroxylation is 1. The van der Waals surface area contributed by atoms with Crippen LogP contribution in [0.2, 0.25) is 0 Å². The zero-order chi connectivity index (χ0) is 13.6. The number of nitrogens with zero attached hydrogens (tertiary/aromatic N) is 3. The summed E-state index contributed by atoms with van der Waals surface area (Å²) in [5, 5.41) is 10.0. The molecule has 3 N–H and O–H groups in total. The van der Waals surface area contributed by atoms with Crippen LogP contribution in [0.25, 0.3) is 0 Å². The number of aromatic nitrogens is 2. The van der Waals surface area contributed by atoms with Crippen molar-refractivity contribution >= 4 is 11.6 Å².